The molecular weight excluding hydrogens is 236 g/mol. The van der Waals surface area contributed by atoms with Crippen molar-refractivity contribution in [3.63, 3.8) is 0 Å². The highest BCUT2D eigenvalue weighted by Gasteiger charge is 2.12. The van der Waals surface area contributed by atoms with Crippen LogP contribution in [0.1, 0.15) is 32.6 Å². The number of benzene rings is 2. The number of aromatic carboxylic acids is 1. The van der Waals surface area contributed by atoms with Crippen LogP contribution in [0.5, 0.6) is 0 Å². The fourth-order valence-electron chi connectivity index (χ4n) is 2.64. The Hall–Kier alpha value is -2.09. The number of carboxylic acids is 1. The van der Waals surface area contributed by atoms with Crippen molar-refractivity contribution in [2.45, 2.75) is 25.7 Å². The average Bonchev–Trinajstić information content (AvgIpc) is 2.41. The lowest BCUT2D eigenvalue weighted by Gasteiger charge is -2.12. The summed E-state index contributed by atoms with van der Waals surface area (Å²) >= 11 is 0. The highest BCUT2D eigenvalue weighted by atomic mass is 16.4. The second-order valence-electron chi connectivity index (χ2n) is 5.11. The van der Waals surface area contributed by atoms with Crippen molar-refractivity contribution in [1.29, 1.82) is 0 Å². The maximum Gasteiger partial charge on any atom is 0.335 e. The van der Waals surface area contributed by atoms with Crippen LogP contribution in [-0.2, 0) is 25.7 Å². The topological polar surface area (TPSA) is 37.3 Å². The minimum atomic E-state index is -0.817. The Morgan fingerprint density at radius 1 is 0.789 bits per heavy atom. The van der Waals surface area contributed by atoms with Gasteiger partial charge in [0.2, 0.25) is 0 Å². The maximum atomic E-state index is 11.3. The first-order valence-corrected chi connectivity index (χ1v) is 6.65. The van der Waals surface area contributed by atoms with Gasteiger partial charge in [-0.3, -0.25) is 0 Å². The average molecular weight is 252 g/mol. The second kappa shape index (κ2) is 4.88. The zero-order valence-corrected chi connectivity index (χ0v) is 10.7. The molecule has 96 valence electrons. The van der Waals surface area contributed by atoms with E-state index in [9.17, 15) is 9.90 Å². The van der Waals surface area contributed by atoms with Gasteiger partial charge in [-0.15, -0.1) is 0 Å². The molecule has 2 heteroatoms. The van der Waals surface area contributed by atoms with E-state index in [1.54, 1.807) is 0 Å². The summed E-state index contributed by atoms with van der Waals surface area (Å²) in [5.41, 5.74) is 5.08. The lowest BCUT2D eigenvalue weighted by atomic mass is 9.93. The van der Waals surface area contributed by atoms with Gasteiger partial charge in [-0.05, 0) is 54.0 Å². The van der Waals surface area contributed by atoms with Crippen molar-refractivity contribution in [2.24, 2.45) is 0 Å². The summed E-state index contributed by atoms with van der Waals surface area (Å²) in [6.45, 7) is 0. The highest BCUT2D eigenvalue weighted by Crippen LogP contribution is 2.19. The van der Waals surface area contributed by atoms with Crippen molar-refractivity contribution in [2.75, 3.05) is 0 Å². The Kier molecular flexibility index (Phi) is 3.08. The first-order chi connectivity index (χ1) is 9.22. The summed E-state index contributed by atoms with van der Waals surface area (Å²) in [6, 6.07) is 14.6. The van der Waals surface area contributed by atoms with Crippen LogP contribution in [0.25, 0.3) is 0 Å². The first kappa shape index (κ1) is 12.0. The molecule has 4 aliphatic carbocycles. The van der Waals surface area contributed by atoms with Crippen LogP contribution in [0.2, 0.25) is 0 Å². The van der Waals surface area contributed by atoms with Gasteiger partial charge in [0.15, 0.2) is 0 Å². The Bertz CT molecular complexity index is 612. The lowest BCUT2D eigenvalue weighted by Crippen LogP contribution is -2.06. The van der Waals surface area contributed by atoms with Gasteiger partial charge in [0, 0.05) is 0 Å². The molecule has 2 aromatic carbocycles. The van der Waals surface area contributed by atoms with E-state index >= 15 is 0 Å². The Morgan fingerprint density at radius 2 is 1.32 bits per heavy atom. The van der Waals surface area contributed by atoms with E-state index in [4.69, 9.17) is 0 Å². The molecule has 2 aromatic rings. The summed E-state index contributed by atoms with van der Waals surface area (Å²) in [5.74, 6) is -0.817. The number of hydrogen-bond acceptors (Lipinski definition) is 1. The molecule has 1 N–H and O–H groups in total. The molecule has 0 fully saturated rings. The van der Waals surface area contributed by atoms with Crippen LogP contribution in [-0.4, -0.2) is 11.1 Å². The number of carboxylic acid groups (broad SMARTS) is 1. The fourth-order valence-corrected chi connectivity index (χ4v) is 2.64. The molecule has 4 aliphatic rings. The van der Waals surface area contributed by atoms with Crippen LogP contribution >= 0.6 is 0 Å². The minimum absolute atomic E-state index is 0.465. The van der Waals surface area contributed by atoms with Gasteiger partial charge in [0.05, 0.1) is 5.56 Å². The summed E-state index contributed by atoms with van der Waals surface area (Å²) in [4.78, 5) is 11.3. The van der Waals surface area contributed by atoms with E-state index in [-0.39, 0.29) is 0 Å². The molecule has 0 aromatic heterocycles. The highest BCUT2D eigenvalue weighted by molar-refractivity contribution is 5.89. The molecule has 0 saturated heterocycles. The number of hydrogen-bond donors (Lipinski definition) is 1. The zero-order valence-electron chi connectivity index (χ0n) is 10.7. The fraction of sp³-hybridized carbons (Fsp3) is 0.235. The molecule has 0 heterocycles. The van der Waals surface area contributed by atoms with E-state index < -0.39 is 5.97 Å². The molecule has 4 bridgehead atoms. The molecule has 0 radical (unpaired) electrons. The third kappa shape index (κ3) is 2.53. The van der Waals surface area contributed by atoms with Crippen molar-refractivity contribution >= 4 is 5.97 Å². The molecule has 19 heavy (non-hydrogen) atoms. The van der Waals surface area contributed by atoms with Gasteiger partial charge in [-0.2, -0.15) is 0 Å². The third-order valence-corrected chi connectivity index (χ3v) is 3.81. The van der Waals surface area contributed by atoms with Crippen molar-refractivity contribution in [1.82, 2.24) is 0 Å². The summed E-state index contributed by atoms with van der Waals surface area (Å²) < 4.78 is 0. The van der Waals surface area contributed by atoms with Crippen molar-refractivity contribution in [3.05, 3.63) is 70.3 Å². The number of rotatable bonds is 1. The predicted octanol–water partition coefficient (Wildman–Crippen LogP) is 3.27. The van der Waals surface area contributed by atoms with E-state index in [1.165, 1.54) is 11.1 Å². The van der Waals surface area contributed by atoms with E-state index in [0.717, 1.165) is 36.8 Å². The van der Waals surface area contributed by atoms with Crippen LogP contribution in [0, 0.1) is 0 Å². The zero-order chi connectivity index (χ0) is 13.2. The smallest absolute Gasteiger partial charge is 0.335 e. The largest absolute Gasteiger partial charge is 0.478 e. The molecule has 2 nitrogen and oxygen atoms in total. The normalized spacial score (nSPS) is 13.9. The van der Waals surface area contributed by atoms with Gasteiger partial charge < -0.3 is 5.11 Å². The molecule has 6 rings (SSSR count). The van der Waals surface area contributed by atoms with Gasteiger partial charge in [-0.1, -0.05) is 36.4 Å². The Labute approximate surface area is 112 Å². The van der Waals surface area contributed by atoms with Gasteiger partial charge in [0.25, 0.3) is 0 Å². The molecule has 0 amide bonds. The SMILES string of the molecule is O=C(O)c1cc2ccc1CCc1ccc(cc1)CC2. The maximum absolute atomic E-state index is 11.3. The van der Waals surface area contributed by atoms with Crippen LogP contribution < -0.4 is 0 Å². The third-order valence-electron chi connectivity index (χ3n) is 3.81. The van der Waals surface area contributed by atoms with E-state index in [2.05, 4.69) is 30.3 Å². The molecule has 0 spiro atoms. The number of aryl methyl sites for hydroxylation is 4. The van der Waals surface area contributed by atoms with Crippen LogP contribution in [0.15, 0.2) is 42.5 Å². The van der Waals surface area contributed by atoms with Gasteiger partial charge in [-0.25, -0.2) is 4.79 Å². The minimum Gasteiger partial charge on any atom is -0.478 e. The van der Waals surface area contributed by atoms with Crippen LogP contribution in [0.4, 0.5) is 0 Å². The molecule has 0 saturated carbocycles. The summed E-state index contributed by atoms with van der Waals surface area (Å²) in [6.07, 6.45) is 3.51. The quantitative estimate of drug-likeness (QED) is 0.845. The van der Waals surface area contributed by atoms with Crippen LogP contribution in [0.3, 0.4) is 0 Å². The summed E-state index contributed by atoms with van der Waals surface area (Å²) in [5, 5.41) is 9.32. The monoisotopic (exact) mass is 252 g/mol. The number of carbonyl (C=O) groups is 1. The Morgan fingerprint density at radius 3 is 1.95 bits per heavy atom. The summed E-state index contributed by atoms with van der Waals surface area (Å²) in [7, 11) is 0. The van der Waals surface area contributed by atoms with Gasteiger partial charge >= 0.3 is 5.97 Å². The van der Waals surface area contributed by atoms with Crippen molar-refractivity contribution in [3.8, 4) is 0 Å². The second-order valence-corrected chi connectivity index (χ2v) is 5.11. The Balaban J connectivity index is 2.03. The van der Waals surface area contributed by atoms with Crippen molar-refractivity contribution < 1.29 is 9.90 Å². The predicted molar refractivity (Wildman–Crippen MR) is 74.7 cm³/mol. The van der Waals surface area contributed by atoms with E-state index in [0.29, 0.717) is 5.56 Å². The van der Waals surface area contributed by atoms with E-state index in [1.807, 2.05) is 12.1 Å². The molecule has 0 atom stereocenters. The van der Waals surface area contributed by atoms with Gasteiger partial charge in [0.1, 0.15) is 0 Å². The first-order valence-electron chi connectivity index (χ1n) is 6.65. The molecular formula is C17H16O2. The molecule has 0 aliphatic heterocycles. The lowest BCUT2D eigenvalue weighted by molar-refractivity contribution is 0.0695. The molecule has 0 unspecified atom stereocenters. The standard InChI is InChI=1S/C17H16O2/c18-17(19)16-11-14-6-5-12-1-3-13(4-2-12)7-9-15(16)10-8-14/h1-4,8,10-11H,5-7,9H2,(H,18,19).